The lowest BCUT2D eigenvalue weighted by molar-refractivity contribution is -0.392. The number of hydrogen-bond donors (Lipinski definition) is 0. The zero-order valence-electron chi connectivity index (χ0n) is 16.1. The number of nitro groups is 2. The molecule has 0 saturated carbocycles. The molecule has 1 aromatic carbocycles. The van der Waals surface area contributed by atoms with Crippen LogP contribution in [0.3, 0.4) is 0 Å². The normalized spacial score (nSPS) is 11.5. The second-order valence-corrected chi connectivity index (χ2v) is 8.52. The second kappa shape index (κ2) is 8.09. The first-order valence-corrected chi connectivity index (χ1v) is 8.71. The minimum absolute atomic E-state index is 0.0166. The molecule has 0 atom stereocenters. The number of nitrogens with zero attached hydrogens (tertiary/aromatic N) is 3. The average Bonchev–Trinajstić information content (AvgIpc) is 2.44. The summed E-state index contributed by atoms with van der Waals surface area (Å²) in [6.07, 6.45) is -2.70. The third kappa shape index (κ3) is 6.15. The van der Waals surface area contributed by atoms with Gasteiger partial charge in [0.25, 0.3) is 0 Å². The molecule has 1 rings (SSSR count). The monoisotopic (exact) mass is 461 g/mol. The first-order valence-electron chi connectivity index (χ1n) is 7.92. The molecule has 28 heavy (non-hydrogen) atoms. The Morgan fingerprint density at radius 2 is 1.21 bits per heavy atom. The van der Waals surface area contributed by atoms with E-state index in [9.17, 15) is 29.8 Å². The van der Waals surface area contributed by atoms with Crippen molar-refractivity contribution in [3.63, 3.8) is 0 Å². The summed E-state index contributed by atoms with van der Waals surface area (Å²) < 4.78 is 10.3. The largest absolute Gasteiger partial charge is 0.443 e. The van der Waals surface area contributed by atoms with Gasteiger partial charge in [-0.2, -0.15) is 4.90 Å². The minimum atomic E-state index is -1.35. The number of carbonyl (C=O) groups excluding carboxylic acids is 2. The highest BCUT2D eigenvalue weighted by atomic mass is 79.9. The van der Waals surface area contributed by atoms with E-state index in [4.69, 9.17) is 9.47 Å². The maximum Gasteiger partial charge on any atom is 0.425 e. The van der Waals surface area contributed by atoms with E-state index in [0.717, 1.165) is 12.1 Å². The lowest BCUT2D eigenvalue weighted by Gasteiger charge is -2.28. The fourth-order valence-electron chi connectivity index (χ4n) is 1.95. The van der Waals surface area contributed by atoms with Gasteiger partial charge in [0.15, 0.2) is 0 Å². The summed E-state index contributed by atoms with van der Waals surface area (Å²) >= 11 is 2.94. The van der Waals surface area contributed by atoms with Gasteiger partial charge in [-0.05, 0) is 41.5 Å². The number of halogens is 1. The van der Waals surface area contributed by atoms with Gasteiger partial charge < -0.3 is 9.47 Å². The zero-order chi connectivity index (χ0) is 22.0. The van der Waals surface area contributed by atoms with Gasteiger partial charge in [-0.1, -0.05) is 15.9 Å². The molecule has 0 unspecified atom stereocenters. The molecule has 0 fully saturated rings. The first kappa shape index (κ1) is 23.3. The summed E-state index contributed by atoms with van der Waals surface area (Å²) in [5.74, 6) is 0. The molecule has 0 aliphatic heterocycles. The Bertz CT molecular complexity index is 763. The van der Waals surface area contributed by atoms with Crippen LogP contribution in [0.1, 0.15) is 41.5 Å². The van der Waals surface area contributed by atoms with Crippen LogP contribution in [0.25, 0.3) is 0 Å². The number of hydrogen-bond acceptors (Lipinski definition) is 8. The minimum Gasteiger partial charge on any atom is -0.443 e. The summed E-state index contributed by atoms with van der Waals surface area (Å²) in [4.78, 5) is 46.6. The van der Waals surface area contributed by atoms with E-state index in [1.807, 2.05) is 0 Å². The number of amides is 2. The van der Waals surface area contributed by atoms with E-state index < -0.39 is 50.3 Å². The van der Waals surface area contributed by atoms with Gasteiger partial charge in [0.2, 0.25) is 5.69 Å². The van der Waals surface area contributed by atoms with E-state index >= 15 is 0 Å². The molecule has 0 aliphatic carbocycles. The molecule has 0 aromatic heterocycles. The standard InChI is InChI=1S/C16H20BrN3O8/c1-15(2,3)27-13(21)18(14(22)28-16(4,5)6)12-10(19(23)24)7-9(17)8-11(12)20(25)26/h7-8H,1-6H3. The van der Waals surface area contributed by atoms with Crippen LogP contribution in [-0.4, -0.2) is 33.2 Å². The smallest absolute Gasteiger partial charge is 0.425 e. The van der Waals surface area contributed by atoms with Crippen molar-refractivity contribution in [1.82, 2.24) is 0 Å². The van der Waals surface area contributed by atoms with Crippen molar-refractivity contribution in [2.24, 2.45) is 0 Å². The SMILES string of the molecule is CC(C)(C)OC(=O)N(C(=O)OC(C)(C)C)c1c([N+](=O)[O-])cc(Br)cc1[N+](=O)[O-]. The molecule has 1 aromatic rings. The highest BCUT2D eigenvalue weighted by molar-refractivity contribution is 9.10. The predicted octanol–water partition coefficient (Wildman–Crippen LogP) is 4.94. The summed E-state index contributed by atoms with van der Waals surface area (Å²) in [6, 6.07) is 1.87. The van der Waals surface area contributed by atoms with E-state index in [1.54, 1.807) is 0 Å². The number of rotatable bonds is 3. The Hall–Kier alpha value is -2.76. The maximum atomic E-state index is 12.7. The summed E-state index contributed by atoms with van der Waals surface area (Å²) in [7, 11) is 0. The highest BCUT2D eigenvalue weighted by Gasteiger charge is 2.42. The fraction of sp³-hybridized carbons (Fsp3) is 0.500. The molecule has 0 spiro atoms. The van der Waals surface area contributed by atoms with Crippen molar-refractivity contribution in [2.45, 2.75) is 52.7 Å². The van der Waals surface area contributed by atoms with Crippen LogP contribution in [0.4, 0.5) is 26.7 Å². The predicted molar refractivity (Wildman–Crippen MR) is 102 cm³/mol. The highest BCUT2D eigenvalue weighted by Crippen LogP contribution is 2.41. The van der Waals surface area contributed by atoms with Crippen molar-refractivity contribution in [3.05, 3.63) is 36.8 Å². The summed E-state index contributed by atoms with van der Waals surface area (Å²) in [5.41, 5.74) is -4.73. The average molecular weight is 462 g/mol. The summed E-state index contributed by atoms with van der Waals surface area (Å²) in [5, 5.41) is 23.0. The molecular formula is C16H20BrN3O8. The van der Waals surface area contributed by atoms with E-state index in [0.29, 0.717) is 0 Å². The van der Waals surface area contributed by atoms with Crippen LogP contribution in [0, 0.1) is 20.2 Å². The molecule has 0 aliphatic rings. The van der Waals surface area contributed by atoms with Gasteiger partial charge in [-0.25, -0.2) is 9.59 Å². The molecule has 0 bridgehead atoms. The van der Waals surface area contributed by atoms with Gasteiger partial charge in [-0.3, -0.25) is 20.2 Å². The van der Waals surface area contributed by atoms with Crippen molar-refractivity contribution < 1.29 is 28.9 Å². The van der Waals surface area contributed by atoms with Crippen molar-refractivity contribution in [3.8, 4) is 0 Å². The lowest BCUT2D eigenvalue weighted by atomic mass is 10.2. The molecule has 154 valence electrons. The molecule has 0 N–H and O–H groups in total. The second-order valence-electron chi connectivity index (χ2n) is 7.60. The van der Waals surface area contributed by atoms with Crippen molar-refractivity contribution >= 4 is 45.2 Å². The number of anilines is 1. The van der Waals surface area contributed by atoms with Gasteiger partial charge in [-0.15, -0.1) is 0 Å². The number of nitro benzene ring substituents is 2. The molecule has 0 saturated heterocycles. The Morgan fingerprint density at radius 1 is 0.893 bits per heavy atom. The Balaban J connectivity index is 3.78. The molecule has 12 heteroatoms. The molecule has 0 radical (unpaired) electrons. The van der Waals surface area contributed by atoms with Gasteiger partial charge >= 0.3 is 23.6 Å². The number of imide groups is 1. The Labute approximate surface area is 169 Å². The fourth-order valence-corrected chi connectivity index (χ4v) is 2.38. The van der Waals surface area contributed by atoms with Crippen LogP contribution in [0.15, 0.2) is 16.6 Å². The van der Waals surface area contributed by atoms with E-state index in [-0.39, 0.29) is 9.37 Å². The molecule has 0 heterocycles. The third-order valence-corrected chi connectivity index (χ3v) is 3.26. The first-order chi connectivity index (χ1) is 12.5. The topological polar surface area (TPSA) is 142 Å². The Kier molecular flexibility index (Phi) is 6.72. The van der Waals surface area contributed by atoms with Crippen LogP contribution < -0.4 is 4.90 Å². The number of carbonyl (C=O) groups is 2. The lowest BCUT2D eigenvalue weighted by Crippen LogP contribution is -2.44. The number of benzene rings is 1. The van der Waals surface area contributed by atoms with Crippen LogP contribution in [0.2, 0.25) is 0 Å². The molecular weight excluding hydrogens is 442 g/mol. The van der Waals surface area contributed by atoms with Crippen LogP contribution >= 0.6 is 15.9 Å². The Morgan fingerprint density at radius 3 is 1.46 bits per heavy atom. The number of ether oxygens (including phenoxy) is 2. The van der Waals surface area contributed by atoms with Gasteiger partial charge in [0.1, 0.15) is 11.2 Å². The van der Waals surface area contributed by atoms with Crippen molar-refractivity contribution in [2.75, 3.05) is 4.90 Å². The van der Waals surface area contributed by atoms with Crippen LogP contribution in [0.5, 0.6) is 0 Å². The van der Waals surface area contributed by atoms with Crippen LogP contribution in [-0.2, 0) is 9.47 Å². The third-order valence-electron chi connectivity index (χ3n) is 2.80. The maximum absolute atomic E-state index is 12.7. The van der Waals surface area contributed by atoms with Crippen molar-refractivity contribution in [1.29, 1.82) is 0 Å². The van der Waals surface area contributed by atoms with E-state index in [2.05, 4.69) is 15.9 Å². The molecule has 11 nitrogen and oxygen atoms in total. The summed E-state index contributed by atoms with van der Waals surface area (Å²) in [6.45, 7) is 9.02. The van der Waals surface area contributed by atoms with Gasteiger partial charge in [0, 0.05) is 16.6 Å². The molecule has 2 amide bonds. The van der Waals surface area contributed by atoms with E-state index in [1.165, 1.54) is 41.5 Å². The quantitative estimate of drug-likeness (QED) is 0.454. The van der Waals surface area contributed by atoms with Gasteiger partial charge in [0.05, 0.1) is 9.85 Å². The zero-order valence-corrected chi connectivity index (χ0v) is 17.7.